The van der Waals surface area contributed by atoms with Crippen LogP contribution in [0.3, 0.4) is 0 Å². The van der Waals surface area contributed by atoms with Gasteiger partial charge in [0, 0.05) is 0 Å². The molecule has 3 heteroatoms. The van der Waals surface area contributed by atoms with Crippen LogP contribution in [-0.4, -0.2) is 3.21 Å². The molecule has 0 unspecified atom stereocenters. The van der Waals surface area contributed by atoms with Gasteiger partial charge in [-0.25, -0.2) is 0 Å². The van der Waals surface area contributed by atoms with Gasteiger partial charge in [-0.1, -0.05) is 0 Å². The molecule has 6 aromatic rings. The fourth-order valence-electron chi connectivity index (χ4n) is 9.84. The smallest absolute Gasteiger partial charge is 1.00 e. The van der Waals surface area contributed by atoms with Crippen molar-refractivity contribution in [1.82, 2.24) is 0 Å². The minimum absolute atomic E-state index is 0. The van der Waals surface area contributed by atoms with Crippen LogP contribution in [-0.2, 0) is 44.9 Å². The van der Waals surface area contributed by atoms with Gasteiger partial charge in [-0.2, -0.15) is 0 Å². The topological polar surface area (TPSA) is 0 Å². The molecule has 0 radical (unpaired) electrons. The Morgan fingerprint density at radius 2 is 0.917 bits per heavy atom. The van der Waals surface area contributed by atoms with Crippen LogP contribution in [0.1, 0.15) is 107 Å². The molecule has 60 heavy (non-hydrogen) atoms. The molecule has 0 atom stereocenters. The third-order valence-corrected chi connectivity index (χ3v) is 20.6. The van der Waals surface area contributed by atoms with Crippen molar-refractivity contribution in [1.29, 1.82) is 0 Å². The van der Waals surface area contributed by atoms with E-state index in [1.54, 1.807) is 17.6 Å². The Kier molecular flexibility index (Phi) is 13.9. The Balaban J connectivity index is 0.00000302. The standard InChI is InChI=1S/C37H41.C15H14.C5H5.2ClH.Zr/c1-22-11-23(2)14-26(13-22)32-18-28-17-29-19-33(27-15-24(3)12-25(4)16-27)35(37(8,9)10)21-31(29)30(28)20-34(32)36(5,6)7;1-3-8-14(9-4-1)12-7-13-15-10-5-2-6-11-15;1-2-4-5-3-1;;;/h11-21H,1-10H3;1-6,8-11H,12-13H2;1-3H,4H2;2*1H;/q;;;;;+2/p-2. The zero-order valence-corrected chi connectivity index (χ0v) is 41.2. The molecule has 2 aliphatic rings. The second kappa shape index (κ2) is 18.2. The number of halogens is 2. The molecule has 0 aromatic heterocycles. The number of rotatable bonds is 8. The van der Waals surface area contributed by atoms with E-state index in [0.717, 1.165) is 19.3 Å². The zero-order chi connectivity index (χ0) is 40.9. The van der Waals surface area contributed by atoms with Crippen molar-refractivity contribution < 1.29 is 46.1 Å². The van der Waals surface area contributed by atoms with E-state index in [1.807, 2.05) is 0 Å². The fourth-order valence-corrected chi connectivity index (χ4v) is 19.0. The Hall–Kier alpha value is -3.87. The maximum atomic E-state index is 2.69. The summed E-state index contributed by atoms with van der Waals surface area (Å²) in [5.74, 6) is 0. The third-order valence-electron chi connectivity index (χ3n) is 12.3. The minimum Gasteiger partial charge on any atom is -1.00 e. The normalized spacial score (nSPS) is 13.1. The summed E-state index contributed by atoms with van der Waals surface area (Å²) in [4.78, 5) is 0. The van der Waals surface area contributed by atoms with Crippen molar-refractivity contribution in [3.8, 4) is 33.4 Å². The molecule has 0 saturated heterocycles. The SMILES string of the molecule is Cc1cc(C)cc(-c2cc3c(cc2C(C)(C)C)-c2cc(C(C)(C)C)c(-c4cc(C)cc(C)c4)cc2[CH]3[Zr+2]([C]2=CC=CC2)=[C](Cc2ccccc2)Cc2ccccc2)c1.[Cl-].[Cl-]. The number of fused-ring (bicyclic) bond motifs is 3. The fraction of sp³-hybridized carbons (Fsp3) is 0.281. The molecule has 306 valence electrons. The Morgan fingerprint density at radius 3 is 1.27 bits per heavy atom. The average Bonchev–Trinajstić information content (AvgIpc) is 3.80. The van der Waals surface area contributed by atoms with Gasteiger partial charge >= 0.3 is 359 Å². The molecule has 0 aliphatic heterocycles. The van der Waals surface area contributed by atoms with Gasteiger partial charge in [0.2, 0.25) is 0 Å². The summed E-state index contributed by atoms with van der Waals surface area (Å²) in [6, 6.07) is 47.6. The second-order valence-electron chi connectivity index (χ2n) is 19.3. The molecule has 0 bridgehead atoms. The second-order valence-corrected chi connectivity index (χ2v) is 26.1. The number of benzene rings is 6. The van der Waals surface area contributed by atoms with Crippen LogP contribution in [0.4, 0.5) is 0 Å². The number of aryl methyl sites for hydroxylation is 4. The third kappa shape index (κ3) is 9.46. The van der Waals surface area contributed by atoms with E-state index in [4.69, 9.17) is 0 Å². The molecule has 6 aromatic carbocycles. The quantitative estimate of drug-likeness (QED) is 0.143. The molecule has 0 heterocycles. The van der Waals surface area contributed by atoms with Crippen molar-refractivity contribution in [2.75, 3.05) is 0 Å². The predicted molar refractivity (Wildman–Crippen MR) is 248 cm³/mol. The van der Waals surface area contributed by atoms with E-state index >= 15 is 0 Å². The Morgan fingerprint density at radius 1 is 0.517 bits per heavy atom. The largest absolute Gasteiger partial charge is 1.00 e. The van der Waals surface area contributed by atoms with Gasteiger partial charge < -0.3 is 24.8 Å². The molecule has 0 saturated carbocycles. The first kappa shape index (κ1) is 45.7. The van der Waals surface area contributed by atoms with Gasteiger partial charge in [-0.05, 0) is 0 Å². The molecule has 0 amide bonds. The van der Waals surface area contributed by atoms with Crippen molar-refractivity contribution in [3.05, 3.63) is 198 Å². The van der Waals surface area contributed by atoms with Crippen LogP contribution in [0.5, 0.6) is 0 Å². The number of allylic oxidation sites excluding steroid dienone is 4. The molecule has 2 aliphatic carbocycles. The van der Waals surface area contributed by atoms with E-state index in [2.05, 4.69) is 209 Å². The van der Waals surface area contributed by atoms with Crippen LogP contribution in [0, 0.1) is 27.7 Å². The van der Waals surface area contributed by atoms with Crippen LogP contribution < -0.4 is 24.8 Å². The van der Waals surface area contributed by atoms with E-state index < -0.39 is 21.3 Å². The van der Waals surface area contributed by atoms with Gasteiger partial charge in [0.1, 0.15) is 0 Å². The summed E-state index contributed by atoms with van der Waals surface area (Å²) in [7, 11) is 0. The average molecular weight is 907 g/mol. The van der Waals surface area contributed by atoms with Gasteiger partial charge in [0.15, 0.2) is 0 Å². The summed E-state index contributed by atoms with van der Waals surface area (Å²) >= 11 is -2.83. The van der Waals surface area contributed by atoms with Gasteiger partial charge in [-0.3, -0.25) is 0 Å². The van der Waals surface area contributed by atoms with Crippen molar-refractivity contribution in [2.24, 2.45) is 0 Å². The van der Waals surface area contributed by atoms with Crippen molar-refractivity contribution in [3.63, 3.8) is 0 Å². The number of hydrogen-bond acceptors (Lipinski definition) is 0. The summed E-state index contributed by atoms with van der Waals surface area (Å²) in [6.07, 6.45) is 10.4. The van der Waals surface area contributed by atoms with E-state index in [0.29, 0.717) is 3.63 Å². The Labute approximate surface area is 381 Å². The van der Waals surface area contributed by atoms with Crippen LogP contribution in [0.15, 0.2) is 143 Å². The van der Waals surface area contributed by atoms with E-state index in [1.165, 1.54) is 77.9 Å². The van der Waals surface area contributed by atoms with Crippen molar-refractivity contribution >= 4 is 3.21 Å². The first-order valence-electron chi connectivity index (χ1n) is 21.3. The summed E-state index contributed by atoms with van der Waals surface area (Å²) in [5.41, 5.74) is 22.4. The van der Waals surface area contributed by atoms with Crippen molar-refractivity contribution in [2.45, 2.75) is 103 Å². The zero-order valence-electron chi connectivity index (χ0n) is 37.2. The predicted octanol–water partition coefficient (Wildman–Crippen LogP) is 9.05. The molecule has 0 nitrogen and oxygen atoms in total. The summed E-state index contributed by atoms with van der Waals surface area (Å²) in [5, 5.41) is 0. The maximum Gasteiger partial charge on any atom is -1.00 e. The molecule has 0 fully saturated rings. The monoisotopic (exact) mass is 904 g/mol. The minimum atomic E-state index is -2.83. The van der Waals surface area contributed by atoms with Gasteiger partial charge in [0.25, 0.3) is 0 Å². The molecule has 0 N–H and O–H groups in total. The van der Waals surface area contributed by atoms with Crippen LogP contribution in [0.25, 0.3) is 33.4 Å². The summed E-state index contributed by atoms with van der Waals surface area (Å²) in [6.45, 7) is 23.4. The summed E-state index contributed by atoms with van der Waals surface area (Å²) < 4.78 is 3.84. The van der Waals surface area contributed by atoms with Crippen LogP contribution in [0.2, 0.25) is 0 Å². The van der Waals surface area contributed by atoms with Gasteiger partial charge in [-0.15, -0.1) is 0 Å². The maximum absolute atomic E-state index is 2.83. The van der Waals surface area contributed by atoms with Crippen LogP contribution >= 0.6 is 0 Å². The molecule has 8 rings (SSSR count). The van der Waals surface area contributed by atoms with E-state index in [9.17, 15) is 0 Å². The number of hydrogen-bond donors (Lipinski definition) is 0. The molecule has 0 spiro atoms. The first-order valence-corrected chi connectivity index (χ1v) is 25.2. The molecular weight excluding hydrogens is 847 g/mol. The van der Waals surface area contributed by atoms with Gasteiger partial charge in [0.05, 0.1) is 0 Å². The van der Waals surface area contributed by atoms with E-state index in [-0.39, 0.29) is 35.6 Å². The molecular formula is C57H60Cl2Zr. The Bertz CT molecular complexity index is 2430. The first-order chi connectivity index (χ1) is 27.6.